The lowest BCUT2D eigenvalue weighted by molar-refractivity contribution is -0.140. The topological polar surface area (TPSA) is 81.8 Å². The summed E-state index contributed by atoms with van der Waals surface area (Å²) < 4.78 is 14.1. The number of nitrogens with one attached hydrogen (secondary N) is 2. The van der Waals surface area contributed by atoms with Gasteiger partial charge < -0.3 is 15.5 Å². The molecular formula is C26H28BrFN4O3. The monoisotopic (exact) mass is 542 g/mol. The van der Waals surface area contributed by atoms with Gasteiger partial charge in [-0.15, -0.1) is 0 Å². The lowest BCUT2D eigenvalue weighted by Gasteiger charge is -2.39. The van der Waals surface area contributed by atoms with Gasteiger partial charge in [0.05, 0.1) is 0 Å². The van der Waals surface area contributed by atoms with Crippen molar-refractivity contribution < 1.29 is 18.8 Å². The van der Waals surface area contributed by atoms with Gasteiger partial charge in [0.2, 0.25) is 5.91 Å². The summed E-state index contributed by atoms with van der Waals surface area (Å²) in [6.07, 6.45) is 2.36. The highest BCUT2D eigenvalue weighted by atomic mass is 79.9. The molecule has 7 nitrogen and oxygen atoms in total. The average molecular weight is 543 g/mol. The quantitative estimate of drug-likeness (QED) is 0.542. The second kappa shape index (κ2) is 8.93. The Balaban J connectivity index is 1.45. The van der Waals surface area contributed by atoms with E-state index in [0.717, 1.165) is 39.0 Å². The van der Waals surface area contributed by atoms with Crippen LogP contribution in [0.25, 0.3) is 0 Å². The molecule has 1 saturated heterocycles. The minimum absolute atomic E-state index is 0.177. The summed E-state index contributed by atoms with van der Waals surface area (Å²) in [6, 6.07) is 10.1. The van der Waals surface area contributed by atoms with E-state index in [1.807, 2.05) is 32.2 Å². The minimum Gasteiger partial charge on any atom is -0.374 e. The highest BCUT2D eigenvalue weighted by Crippen LogP contribution is 2.45. The molecule has 9 heteroatoms. The summed E-state index contributed by atoms with van der Waals surface area (Å²) in [5, 5.41) is 5.84. The molecule has 2 unspecified atom stereocenters. The largest absolute Gasteiger partial charge is 0.374 e. The number of carbonyl (C=O) groups excluding carboxylic acids is 3. The molecule has 1 aliphatic carbocycles. The van der Waals surface area contributed by atoms with Gasteiger partial charge in [0.25, 0.3) is 5.91 Å². The van der Waals surface area contributed by atoms with Crippen LogP contribution in [0.2, 0.25) is 0 Å². The third-order valence-electron chi connectivity index (χ3n) is 7.57. The molecule has 0 aromatic heterocycles. The predicted octanol–water partition coefficient (Wildman–Crippen LogP) is 3.91. The maximum absolute atomic E-state index is 14.0. The first kappa shape index (κ1) is 23.8. The number of amides is 4. The first-order chi connectivity index (χ1) is 16.7. The number of benzene rings is 2. The van der Waals surface area contributed by atoms with Gasteiger partial charge in [-0.3, -0.25) is 9.59 Å². The molecule has 2 aromatic rings. The van der Waals surface area contributed by atoms with E-state index in [4.69, 9.17) is 0 Å². The molecule has 3 atom stereocenters. The van der Waals surface area contributed by atoms with Gasteiger partial charge in [-0.25, -0.2) is 14.1 Å². The molecule has 3 aliphatic rings. The van der Waals surface area contributed by atoms with Crippen LogP contribution in [0.1, 0.15) is 37.3 Å². The molecule has 2 aliphatic heterocycles. The summed E-state index contributed by atoms with van der Waals surface area (Å²) in [4.78, 5) is 44.1. The summed E-state index contributed by atoms with van der Waals surface area (Å²) >= 11 is 3.50. The normalized spacial score (nSPS) is 23.2. The highest BCUT2D eigenvalue weighted by Gasteiger charge is 2.59. The van der Waals surface area contributed by atoms with Gasteiger partial charge in [0.1, 0.15) is 11.9 Å². The lowest BCUT2D eigenvalue weighted by Crippen LogP contribution is -2.55. The van der Waals surface area contributed by atoms with Crippen molar-refractivity contribution in [3.05, 3.63) is 63.9 Å². The Morgan fingerprint density at radius 2 is 1.94 bits per heavy atom. The van der Waals surface area contributed by atoms with Crippen LogP contribution in [0.4, 0.5) is 14.9 Å². The fraction of sp³-hybridized carbons (Fsp3) is 0.423. The number of anilines is 1. The van der Waals surface area contributed by atoms with E-state index in [0.29, 0.717) is 13.0 Å². The van der Waals surface area contributed by atoms with Crippen molar-refractivity contribution in [2.75, 3.05) is 18.5 Å². The second-order valence-corrected chi connectivity index (χ2v) is 10.7. The van der Waals surface area contributed by atoms with Crippen LogP contribution >= 0.6 is 15.9 Å². The van der Waals surface area contributed by atoms with Crippen molar-refractivity contribution in [2.24, 2.45) is 11.8 Å². The molecule has 4 amide bonds. The number of imide groups is 1. The second-order valence-electron chi connectivity index (χ2n) is 9.83. The predicted molar refractivity (Wildman–Crippen MR) is 133 cm³/mol. The first-order valence-electron chi connectivity index (χ1n) is 11.9. The van der Waals surface area contributed by atoms with Crippen LogP contribution in [0.5, 0.6) is 0 Å². The summed E-state index contributed by atoms with van der Waals surface area (Å²) in [6.45, 7) is 2.71. The van der Waals surface area contributed by atoms with E-state index in [9.17, 15) is 18.8 Å². The van der Waals surface area contributed by atoms with Gasteiger partial charge in [-0.2, -0.15) is 0 Å². The highest BCUT2D eigenvalue weighted by molar-refractivity contribution is 9.10. The number of hydrogen-bond acceptors (Lipinski definition) is 4. The smallest absolute Gasteiger partial charge is 0.326 e. The number of hydrogen-bond donors (Lipinski definition) is 2. The van der Waals surface area contributed by atoms with Crippen molar-refractivity contribution in [1.29, 1.82) is 0 Å². The van der Waals surface area contributed by atoms with Crippen LogP contribution in [0.3, 0.4) is 0 Å². The van der Waals surface area contributed by atoms with E-state index < -0.39 is 17.6 Å². The standard InChI is InChI=1S/C26H28BrFN4O3/c1-15(17-5-6-17)22(23(33)29-14-16-3-8-19(28)9-4-16)32-24(34)26(30-25(32)35)11-12-31(2)21-13-18(27)7-10-20(21)26/h3-4,7-10,13,15,17,22H,5-6,11-12,14H2,1-2H3,(H,29,33)(H,30,35)/t15-,22?,26?/m0/s1. The number of urea groups is 1. The first-order valence-corrected chi connectivity index (χ1v) is 12.7. The van der Waals surface area contributed by atoms with Crippen LogP contribution in [0, 0.1) is 17.7 Å². The Morgan fingerprint density at radius 3 is 2.63 bits per heavy atom. The van der Waals surface area contributed by atoms with E-state index in [2.05, 4.69) is 31.5 Å². The van der Waals surface area contributed by atoms with Gasteiger partial charge >= 0.3 is 6.03 Å². The molecule has 5 rings (SSSR count). The molecule has 35 heavy (non-hydrogen) atoms. The number of nitrogens with zero attached hydrogens (tertiary/aromatic N) is 2. The molecule has 2 fully saturated rings. The third-order valence-corrected chi connectivity index (χ3v) is 8.06. The molecule has 1 saturated carbocycles. The average Bonchev–Trinajstić information content (AvgIpc) is 3.65. The number of carbonyl (C=O) groups is 3. The van der Waals surface area contributed by atoms with Gasteiger partial charge in [0.15, 0.2) is 5.54 Å². The van der Waals surface area contributed by atoms with Crippen LogP contribution in [-0.2, 0) is 21.7 Å². The SMILES string of the molecule is C[C@@H](C1CC1)C(C(=O)NCc1ccc(F)cc1)N1C(=O)NC2(CCN(C)c3cc(Br)ccc32)C1=O. The molecular weight excluding hydrogens is 515 g/mol. The zero-order valence-electron chi connectivity index (χ0n) is 19.7. The van der Waals surface area contributed by atoms with Crippen molar-refractivity contribution in [3.8, 4) is 0 Å². The van der Waals surface area contributed by atoms with E-state index in [1.165, 1.54) is 12.1 Å². The zero-order valence-corrected chi connectivity index (χ0v) is 21.3. The lowest BCUT2D eigenvalue weighted by atomic mass is 9.81. The Bertz CT molecular complexity index is 1190. The molecule has 1 spiro atoms. The Hall–Kier alpha value is -2.94. The number of fused-ring (bicyclic) bond motifs is 2. The number of halogens is 2. The zero-order chi connectivity index (χ0) is 24.9. The third kappa shape index (κ3) is 4.20. The molecule has 2 heterocycles. The summed E-state index contributed by atoms with van der Waals surface area (Å²) in [5.74, 6) is -1.000. The van der Waals surface area contributed by atoms with Crippen LogP contribution < -0.4 is 15.5 Å². The minimum atomic E-state index is -1.20. The summed E-state index contributed by atoms with van der Waals surface area (Å²) in [5.41, 5.74) is 1.15. The Kier molecular flexibility index (Phi) is 6.07. The molecule has 0 radical (unpaired) electrons. The fourth-order valence-electron chi connectivity index (χ4n) is 5.34. The van der Waals surface area contributed by atoms with Crippen molar-refractivity contribution in [1.82, 2.24) is 15.5 Å². The van der Waals surface area contributed by atoms with E-state index >= 15 is 0 Å². The molecule has 2 aromatic carbocycles. The summed E-state index contributed by atoms with van der Waals surface area (Å²) in [7, 11) is 1.96. The Labute approximate surface area is 212 Å². The maximum atomic E-state index is 14.0. The van der Waals surface area contributed by atoms with Crippen LogP contribution in [0.15, 0.2) is 46.9 Å². The Morgan fingerprint density at radius 1 is 1.23 bits per heavy atom. The fourth-order valence-corrected chi connectivity index (χ4v) is 5.69. The van der Waals surface area contributed by atoms with Gasteiger partial charge in [0, 0.05) is 42.3 Å². The van der Waals surface area contributed by atoms with Gasteiger partial charge in [-0.1, -0.05) is 41.1 Å². The van der Waals surface area contributed by atoms with Crippen LogP contribution in [-0.4, -0.2) is 42.4 Å². The van der Waals surface area contributed by atoms with E-state index in [-0.39, 0.29) is 36.0 Å². The van der Waals surface area contributed by atoms with E-state index in [1.54, 1.807) is 12.1 Å². The molecule has 2 N–H and O–H groups in total. The van der Waals surface area contributed by atoms with Crippen molar-refractivity contribution in [2.45, 2.75) is 44.3 Å². The van der Waals surface area contributed by atoms with Gasteiger partial charge in [-0.05, 0) is 54.5 Å². The van der Waals surface area contributed by atoms with Crippen molar-refractivity contribution >= 4 is 39.5 Å². The molecule has 184 valence electrons. The maximum Gasteiger partial charge on any atom is 0.326 e. The van der Waals surface area contributed by atoms with Crippen molar-refractivity contribution in [3.63, 3.8) is 0 Å². The number of rotatable bonds is 6. The molecule has 0 bridgehead atoms.